The van der Waals surface area contributed by atoms with E-state index in [0.717, 1.165) is 0 Å². The van der Waals surface area contributed by atoms with Gasteiger partial charge in [-0.15, -0.1) is 0 Å². The van der Waals surface area contributed by atoms with Crippen LogP contribution in [0.4, 0.5) is 0 Å². The van der Waals surface area contributed by atoms with Crippen molar-refractivity contribution in [3.05, 3.63) is 0 Å². The van der Waals surface area contributed by atoms with Crippen molar-refractivity contribution in [2.45, 2.75) is 13.0 Å². The molecule has 1 amide bonds. The van der Waals surface area contributed by atoms with Crippen LogP contribution in [0.2, 0.25) is 0 Å². The van der Waals surface area contributed by atoms with E-state index in [9.17, 15) is 9.59 Å². The van der Waals surface area contributed by atoms with Gasteiger partial charge in [-0.1, -0.05) is 0 Å². The van der Waals surface area contributed by atoms with Crippen molar-refractivity contribution in [3.63, 3.8) is 0 Å². The van der Waals surface area contributed by atoms with E-state index in [-0.39, 0.29) is 24.8 Å². The topological polar surface area (TPSA) is 78.4 Å². The fourth-order valence-corrected chi connectivity index (χ4v) is 0.640. The van der Waals surface area contributed by atoms with Crippen LogP contribution in [0.1, 0.15) is 6.92 Å². The highest BCUT2D eigenvalue weighted by Gasteiger charge is 2.14. The first-order valence-electron chi connectivity index (χ1n) is 3.67. The highest BCUT2D eigenvalue weighted by molar-refractivity contribution is 5.87. The van der Waals surface area contributed by atoms with Gasteiger partial charge in [-0.25, -0.2) is 0 Å². The Morgan fingerprint density at radius 1 is 1.50 bits per heavy atom. The van der Waals surface area contributed by atoms with Crippen LogP contribution in [0.3, 0.4) is 0 Å². The maximum atomic E-state index is 11.0. The number of aliphatic hydroxyl groups excluding tert-OH is 1. The fourth-order valence-electron chi connectivity index (χ4n) is 0.640. The van der Waals surface area contributed by atoms with E-state index in [2.05, 4.69) is 10.6 Å². The lowest BCUT2D eigenvalue weighted by Crippen LogP contribution is -2.46. The summed E-state index contributed by atoms with van der Waals surface area (Å²) < 4.78 is 0. The predicted octanol–water partition coefficient (Wildman–Crippen LogP) is -1.73. The minimum Gasteiger partial charge on any atom is -0.394 e. The van der Waals surface area contributed by atoms with Crippen molar-refractivity contribution in [1.29, 1.82) is 0 Å². The number of carbonyl (C=O) groups excluding carboxylic acids is 2. The van der Waals surface area contributed by atoms with E-state index < -0.39 is 6.04 Å². The average molecular weight is 174 g/mol. The van der Waals surface area contributed by atoms with Crippen molar-refractivity contribution in [2.24, 2.45) is 0 Å². The molecule has 0 aliphatic heterocycles. The third-order valence-corrected chi connectivity index (χ3v) is 1.36. The molecular weight excluding hydrogens is 160 g/mol. The van der Waals surface area contributed by atoms with Crippen molar-refractivity contribution in [3.8, 4) is 0 Å². The van der Waals surface area contributed by atoms with Crippen molar-refractivity contribution < 1.29 is 14.7 Å². The van der Waals surface area contributed by atoms with E-state index in [1.54, 1.807) is 7.05 Å². The van der Waals surface area contributed by atoms with Crippen LogP contribution in [0.15, 0.2) is 0 Å². The van der Waals surface area contributed by atoms with Crippen molar-refractivity contribution in [2.75, 3.05) is 20.2 Å². The first-order valence-corrected chi connectivity index (χ1v) is 3.67. The largest absolute Gasteiger partial charge is 0.394 e. The third kappa shape index (κ3) is 4.05. The molecule has 1 unspecified atom stereocenters. The molecule has 0 aromatic carbocycles. The van der Waals surface area contributed by atoms with Gasteiger partial charge in [0.2, 0.25) is 5.91 Å². The lowest BCUT2D eigenvalue weighted by molar-refractivity contribution is -0.126. The van der Waals surface area contributed by atoms with E-state index in [1.807, 2.05) is 0 Å². The number of aliphatic hydroxyl groups is 1. The first kappa shape index (κ1) is 11.1. The minimum atomic E-state index is -0.635. The summed E-state index contributed by atoms with van der Waals surface area (Å²) in [6, 6.07) is -0.635. The number of hydrogen-bond acceptors (Lipinski definition) is 4. The Balaban J connectivity index is 3.77. The number of likely N-dealkylation sites (N-methyl/N-ethyl adjacent to an activating group) is 1. The predicted molar refractivity (Wildman–Crippen MR) is 43.6 cm³/mol. The maximum absolute atomic E-state index is 11.0. The fraction of sp³-hybridized carbons (Fsp3) is 0.714. The zero-order chi connectivity index (χ0) is 9.56. The molecule has 0 aromatic heterocycles. The summed E-state index contributed by atoms with van der Waals surface area (Å²) >= 11 is 0. The van der Waals surface area contributed by atoms with E-state index >= 15 is 0 Å². The minimum absolute atomic E-state index is 0.0109. The Bertz CT molecular complexity index is 166. The van der Waals surface area contributed by atoms with Crippen LogP contribution in [-0.2, 0) is 9.59 Å². The van der Waals surface area contributed by atoms with Gasteiger partial charge in [-0.05, 0) is 14.0 Å². The van der Waals surface area contributed by atoms with Crippen LogP contribution >= 0.6 is 0 Å². The first-order chi connectivity index (χ1) is 5.61. The second-order valence-corrected chi connectivity index (χ2v) is 2.44. The van der Waals surface area contributed by atoms with Gasteiger partial charge in [0.25, 0.3) is 0 Å². The third-order valence-electron chi connectivity index (χ3n) is 1.36. The molecule has 0 radical (unpaired) electrons. The number of rotatable bonds is 5. The number of carbonyl (C=O) groups is 2. The Morgan fingerprint density at radius 2 is 2.08 bits per heavy atom. The SMILES string of the molecule is CNC(CO)C(=O)NCC(C)=O. The Kier molecular flexibility index (Phi) is 5.23. The monoisotopic (exact) mass is 174 g/mol. The van der Waals surface area contributed by atoms with Crippen LogP contribution in [0.25, 0.3) is 0 Å². The summed E-state index contributed by atoms with van der Waals surface area (Å²) in [5.41, 5.74) is 0. The molecule has 1 atom stereocenters. The summed E-state index contributed by atoms with van der Waals surface area (Å²) in [7, 11) is 1.56. The number of amides is 1. The normalized spacial score (nSPS) is 12.2. The molecule has 0 heterocycles. The molecule has 5 heteroatoms. The Hall–Kier alpha value is -0.940. The highest BCUT2D eigenvalue weighted by Crippen LogP contribution is 1.80. The molecule has 3 N–H and O–H groups in total. The highest BCUT2D eigenvalue weighted by atomic mass is 16.3. The second kappa shape index (κ2) is 5.68. The Morgan fingerprint density at radius 3 is 2.42 bits per heavy atom. The molecule has 0 aliphatic carbocycles. The van der Waals surface area contributed by atoms with Crippen LogP contribution in [0, 0.1) is 0 Å². The lowest BCUT2D eigenvalue weighted by atomic mass is 10.3. The summed E-state index contributed by atoms with van der Waals surface area (Å²) in [5.74, 6) is -0.480. The van der Waals surface area contributed by atoms with Crippen LogP contribution < -0.4 is 10.6 Å². The molecule has 5 nitrogen and oxygen atoms in total. The quantitative estimate of drug-likeness (QED) is 0.463. The van der Waals surface area contributed by atoms with Gasteiger partial charge in [0.1, 0.15) is 11.8 Å². The van der Waals surface area contributed by atoms with Crippen molar-refractivity contribution in [1.82, 2.24) is 10.6 Å². The maximum Gasteiger partial charge on any atom is 0.239 e. The average Bonchev–Trinajstić information content (AvgIpc) is 2.03. The van der Waals surface area contributed by atoms with E-state index in [0.29, 0.717) is 0 Å². The molecule has 0 saturated carbocycles. The molecule has 70 valence electrons. The van der Waals surface area contributed by atoms with E-state index in [1.165, 1.54) is 6.92 Å². The van der Waals surface area contributed by atoms with Gasteiger partial charge >= 0.3 is 0 Å². The molecular formula is C7H14N2O3. The number of Topliss-reactive ketones (excluding diaryl/α,β-unsaturated/α-hetero) is 1. The summed E-state index contributed by atoms with van der Waals surface area (Å²) in [4.78, 5) is 21.5. The molecule has 0 spiro atoms. The molecule has 0 rings (SSSR count). The van der Waals surface area contributed by atoms with Gasteiger partial charge in [0, 0.05) is 0 Å². The van der Waals surface area contributed by atoms with Crippen LogP contribution in [0.5, 0.6) is 0 Å². The van der Waals surface area contributed by atoms with Gasteiger partial charge in [0.05, 0.1) is 13.2 Å². The molecule has 0 aliphatic rings. The standard InChI is InChI=1S/C7H14N2O3/c1-5(11)3-9-7(12)6(4-10)8-2/h6,8,10H,3-4H2,1-2H3,(H,9,12). The molecule has 0 fully saturated rings. The zero-order valence-corrected chi connectivity index (χ0v) is 7.26. The Labute approximate surface area is 71.1 Å². The number of nitrogens with one attached hydrogen (secondary N) is 2. The number of ketones is 1. The second-order valence-electron chi connectivity index (χ2n) is 2.44. The van der Waals surface area contributed by atoms with Crippen LogP contribution in [-0.4, -0.2) is 43.0 Å². The molecule has 0 saturated heterocycles. The van der Waals surface area contributed by atoms with Gasteiger partial charge < -0.3 is 15.7 Å². The number of hydrogen-bond donors (Lipinski definition) is 3. The van der Waals surface area contributed by atoms with Gasteiger partial charge in [-0.3, -0.25) is 9.59 Å². The molecule has 12 heavy (non-hydrogen) atoms. The summed E-state index contributed by atoms with van der Waals surface area (Å²) in [6.07, 6.45) is 0. The van der Waals surface area contributed by atoms with Gasteiger partial charge in [0.15, 0.2) is 0 Å². The smallest absolute Gasteiger partial charge is 0.239 e. The van der Waals surface area contributed by atoms with Gasteiger partial charge in [-0.2, -0.15) is 0 Å². The van der Waals surface area contributed by atoms with Crippen molar-refractivity contribution >= 4 is 11.7 Å². The summed E-state index contributed by atoms with van der Waals surface area (Å²) in [5, 5.41) is 13.6. The van der Waals surface area contributed by atoms with E-state index in [4.69, 9.17) is 5.11 Å². The zero-order valence-electron chi connectivity index (χ0n) is 7.26. The lowest BCUT2D eigenvalue weighted by Gasteiger charge is -2.11. The molecule has 0 bridgehead atoms. The summed E-state index contributed by atoms with van der Waals surface area (Å²) in [6.45, 7) is 1.12. The molecule has 0 aromatic rings.